The van der Waals surface area contributed by atoms with Gasteiger partial charge in [-0.1, -0.05) is 0 Å². The van der Waals surface area contributed by atoms with Crippen molar-refractivity contribution in [2.24, 2.45) is 5.92 Å². The molecular weight excluding hydrogens is 198 g/mol. The monoisotopic (exact) mass is 217 g/mol. The largest absolute Gasteiger partial charge is 0.481 e. The molecule has 0 saturated heterocycles. The summed E-state index contributed by atoms with van der Waals surface area (Å²) in [5.41, 5.74) is 0. The summed E-state index contributed by atoms with van der Waals surface area (Å²) in [7, 11) is 0. The predicted molar refractivity (Wildman–Crippen MR) is 54.7 cm³/mol. The van der Waals surface area contributed by atoms with Gasteiger partial charge < -0.3 is 20.3 Å². The summed E-state index contributed by atoms with van der Waals surface area (Å²) in [4.78, 5) is 10.7. The minimum absolute atomic E-state index is 0.0527. The molecule has 0 radical (unpaired) electrons. The zero-order chi connectivity index (χ0) is 11.1. The molecule has 1 saturated carbocycles. The minimum atomic E-state index is -0.699. The van der Waals surface area contributed by atoms with Gasteiger partial charge in [-0.2, -0.15) is 0 Å². The van der Waals surface area contributed by atoms with Crippen LogP contribution in [0.3, 0.4) is 0 Å². The van der Waals surface area contributed by atoms with Crippen molar-refractivity contribution in [1.29, 1.82) is 0 Å². The third-order valence-electron chi connectivity index (χ3n) is 2.70. The first-order valence-corrected chi connectivity index (χ1v) is 5.40. The Morgan fingerprint density at radius 1 is 1.40 bits per heavy atom. The zero-order valence-electron chi connectivity index (χ0n) is 8.82. The molecule has 0 aromatic heterocycles. The van der Waals surface area contributed by atoms with E-state index in [9.17, 15) is 4.79 Å². The Bertz CT molecular complexity index is 198. The van der Waals surface area contributed by atoms with Crippen LogP contribution in [0, 0.1) is 5.92 Å². The fourth-order valence-electron chi connectivity index (χ4n) is 1.67. The lowest BCUT2D eigenvalue weighted by Crippen LogP contribution is -2.48. The van der Waals surface area contributed by atoms with E-state index in [1.54, 1.807) is 0 Å². The van der Waals surface area contributed by atoms with Gasteiger partial charge in [0.05, 0.1) is 19.1 Å². The number of carboxylic acid groups (broad SMARTS) is 1. The third-order valence-corrected chi connectivity index (χ3v) is 2.70. The smallest absolute Gasteiger partial charge is 0.308 e. The van der Waals surface area contributed by atoms with Crippen LogP contribution >= 0.6 is 0 Å². The maximum absolute atomic E-state index is 10.7. The molecular formula is C10H19NO4. The number of hydrogen-bond donors (Lipinski definition) is 3. The topological polar surface area (TPSA) is 78.8 Å². The van der Waals surface area contributed by atoms with E-state index >= 15 is 0 Å². The van der Waals surface area contributed by atoms with Crippen molar-refractivity contribution in [3.05, 3.63) is 0 Å². The van der Waals surface area contributed by atoms with Crippen molar-refractivity contribution in [3.63, 3.8) is 0 Å². The van der Waals surface area contributed by atoms with Gasteiger partial charge in [0.25, 0.3) is 0 Å². The standard InChI is InChI=1S/C10H19NO4/c12-5-7-15-6-1-4-11-9-3-2-8(9)10(13)14/h8-9,11-12H,1-7H2,(H,13,14). The molecule has 0 heterocycles. The number of aliphatic hydroxyl groups is 1. The molecule has 1 fully saturated rings. The van der Waals surface area contributed by atoms with E-state index in [1.165, 1.54) is 0 Å². The average Bonchev–Trinajstić information content (AvgIpc) is 2.13. The lowest BCUT2D eigenvalue weighted by atomic mass is 9.79. The summed E-state index contributed by atoms with van der Waals surface area (Å²) < 4.78 is 5.08. The number of aliphatic hydroxyl groups excluding tert-OH is 1. The molecule has 0 amide bonds. The molecule has 0 aromatic rings. The first kappa shape index (κ1) is 12.4. The molecule has 5 heteroatoms. The van der Waals surface area contributed by atoms with Gasteiger partial charge in [0.15, 0.2) is 0 Å². The van der Waals surface area contributed by atoms with Gasteiger partial charge in [0.2, 0.25) is 0 Å². The van der Waals surface area contributed by atoms with Crippen molar-refractivity contribution in [3.8, 4) is 0 Å². The van der Waals surface area contributed by atoms with E-state index < -0.39 is 5.97 Å². The molecule has 0 aromatic carbocycles. The highest BCUT2D eigenvalue weighted by atomic mass is 16.5. The van der Waals surface area contributed by atoms with Crippen LogP contribution in [0.1, 0.15) is 19.3 Å². The highest BCUT2D eigenvalue weighted by Crippen LogP contribution is 2.27. The molecule has 2 unspecified atom stereocenters. The lowest BCUT2D eigenvalue weighted by molar-refractivity contribution is -0.146. The summed E-state index contributed by atoms with van der Waals surface area (Å²) in [6, 6.07) is 0.139. The van der Waals surface area contributed by atoms with Crippen LogP contribution in [0.4, 0.5) is 0 Å². The molecule has 1 aliphatic rings. The van der Waals surface area contributed by atoms with Crippen LogP contribution < -0.4 is 5.32 Å². The van der Waals surface area contributed by atoms with Crippen molar-refractivity contribution in [1.82, 2.24) is 5.32 Å². The van der Waals surface area contributed by atoms with Crippen molar-refractivity contribution < 1.29 is 19.7 Å². The molecule has 0 bridgehead atoms. The Kier molecular flexibility index (Phi) is 5.60. The van der Waals surface area contributed by atoms with Gasteiger partial charge in [-0.05, 0) is 25.8 Å². The Labute approximate surface area is 89.4 Å². The Hall–Kier alpha value is -0.650. The van der Waals surface area contributed by atoms with Gasteiger partial charge in [0.1, 0.15) is 0 Å². The van der Waals surface area contributed by atoms with Gasteiger partial charge in [-0.15, -0.1) is 0 Å². The molecule has 1 aliphatic carbocycles. The summed E-state index contributed by atoms with van der Waals surface area (Å²) in [6.45, 7) is 1.82. The normalized spacial score (nSPS) is 24.9. The van der Waals surface area contributed by atoms with Gasteiger partial charge in [-0.3, -0.25) is 4.79 Å². The molecule has 3 N–H and O–H groups in total. The van der Waals surface area contributed by atoms with E-state index in [0.29, 0.717) is 13.2 Å². The molecule has 2 atom stereocenters. The number of rotatable bonds is 8. The van der Waals surface area contributed by atoms with Gasteiger partial charge in [0, 0.05) is 12.6 Å². The number of nitrogens with one attached hydrogen (secondary N) is 1. The fourth-order valence-corrected chi connectivity index (χ4v) is 1.67. The quantitative estimate of drug-likeness (QED) is 0.492. The van der Waals surface area contributed by atoms with Crippen LogP contribution in [0.5, 0.6) is 0 Å². The van der Waals surface area contributed by atoms with Crippen LogP contribution in [-0.2, 0) is 9.53 Å². The van der Waals surface area contributed by atoms with Gasteiger partial charge >= 0.3 is 5.97 Å². The molecule has 0 aliphatic heterocycles. The SMILES string of the molecule is O=C(O)C1CCC1NCCCOCCO. The van der Waals surface area contributed by atoms with Crippen LogP contribution in [0.15, 0.2) is 0 Å². The Balaban J connectivity index is 1.94. The minimum Gasteiger partial charge on any atom is -0.481 e. The fraction of sp³-hybridized carbons (Fsp3) is 0.900. The second kappa shape index (κ2) is 6.76. The van der Waals surface area contributed by atoms with Crippen molar-refractivity contribution in [2.45, 2.75) is 25.3 Å². The highest BCUT2D eigenvalue weighted by Gasteiger charge is 2.35. The summed E-state index contributed by atoms with van der Waals surface area (Å²) >= 11 is 0. The van der Waals surface area contributed by atoms with Crippen molar-refractivity contribution in [2.75, 3.05) is 26.4 Å². The zero-order valence-corrected chi connectivity index (χ0v) is 8.82. The van der Waals surface area contributed by atoms with E-state index in [0.717, 1.165) is 25.8 Å². The number of carboxylic acids is 1. The first-order chi connectivity index (χ1) is 7.25. The number of ether oxygens (including phenoxy) is 1. The maximum Gasteiger partial charge on any atom is 0.308 e. The maximum atomic E-state index is 10.7. The second-order valence-corrected chi connectivity index (χ2v) is 3.77. The van der Waals surface area contributed by atoms with E-state index in [2.05, 4.69) is 5.32 Å². The predicted octanol–water partition coefficient (Wildman–Crippen LogP) is -0.162. The summed E-state index contributed by atoms with van der Waals surface area (Å²) in [6.07, 6.45) is 2.59. The van der Waals surface area contributed by atoms with Crippen LogP contribution in [0.2, 0.25) is 0 Å². The Morgan fingerprint density at radius 3 is 2.73 bits per heavy atom. The van der Waals surface area contributed by atoms with Crippen LogP contribution in [-0.4, -0.2) is 48.6 Å². The van der Waals surface area contributed by atoms with E-state index in [4.69, 9.17) is 14.9 Å². The van der Waals surface area contributed by atoms with Gasteiger partial charge in [-0.25, -0.2) is 0 Å². The third kappa shape index (κ3) is 4.15. The lowest BCUT2D eigenvalue weighted by Gasteiger charge is -2.34. The van der Waals surface area contributed by atoms with E-state index in [1.807, 2.05) is 0 Å². The molecule has 1 rings (SSSR count). The summed E-state index contributed by atoms with van der Waals surface area (Å²) in [5.74, 6) is -0.904. The number of carbonyl (C=O) groups is 1. The average molecular weight is 217 g/mol. The van der Waals surface area contributed by atoms with Crippen LogP contribution in [0.25, 0.3) is 0 Å². The molecule has 5 nitrogen and oxygen atoms in total. The second-order valence-electron chi connectivity index (χ2n) is 3.77. The first-order valence-electron chi connectivity index (χ1n) is 5.40. The molecule has 0 spiro atoms. The summed E-state index contributed by atoms with van der Waals surface area (Å²) in [5, 5.41) is 20.4. The number of aliphatic carboxylic acids is 1. The highest BCUT2D eigenvalue weighted by molar-refractivity contribution is 5.72. The Morgan fingerprint density at radius 2 is 2.20 bits per heavy atom. The molecule has 88 valence electrons. The van der Waals surface area contributed by atoms with E-state index in [-0.39, 0.29) is 18.6 Å². The molecule has 15 heavy (non-hydrogen) atoms. The van der Waals surface area contributed by atoms with Crippen molar-refractivity contribution >= 4 is 5.97 Å². The number of hydrogen-bond acceptors (Lipinski definition) is 4.